The van der Waals surface area contributed by atoms with Crippen LogP contribution in [0, 0.1) is 13.8 Å². The fourth-order valence-electron chi connectivity index (χ4n) is 4.22. The summed E-state index contributed by atoms with van der Waals surface area (Å²) in [5.41, 5.74) is 3.20. The zero-order chi connectivity index (χ0) is 24.2. The minimum atomic E-state index is -0.222. The number of hydrogen-bond donors (Lipinski definition) is 0. The Morgan fingerprint density at radius 3 is 2.50 bits per heavy atom. The highest BCUT2D eigenvalue weighted by atomic mass is 16.5. The largest absolute Gasteiger partial charge is 0.497 e. The monoisotopic (exact) mass is 463 g/mol. The average molecular weight is 464 g/mol. The van der Waals surface area contributed by atoms with Gasteiger partial charge >= 0.3 is 0 Å². The van der Waals surface area contributed by atoms with Gasteiger partial charge in [0.15, 0.2) is 0 Å². The standard InChI is InChI=1S/C26H29N3O5/c1-17-24(18(2)34-27-17)16-33-23-7-5-6-21(14-23)26(31)28-12-13-29(19(3)30)25(15-28)20-8-10-22(32-4)11-9-20/h5-11,14,25H,12-13,15-16H2,1-4H3/t25-/m0/s1. The SMILES string of the molecule is COc1ccc([C@@H]2CN(C(=O)c3cccc(OCc4c(C)noc4C)c3)CCN2C(C)=O)cc1. The van der Waals surface area contributed by atoms with Crippen molar-refractivity contribution in [2.45, 2.75) is 33.4 Å². The quantitative estimate of drug-likeness (QED) is 0.551. The molecule has 2 amide bonds. The van der Waals surface area contributed by atoms with Crippen LogP contribution in [-0.2, 0) is 11.4 Å². The van der Waals surface area contributed by atoms with Gasteiger partial charge in [-0.1, -0.05) is 23.4 Å². The van der Waals surface area contributed by atoms with Gasteiger partial charge in [-0.3, -0.25) is 9.59 Å². The summed E-state index contributed by atoms with van der Waals surface area (Å²) in [6.07, 6.45) is 0. The van der Waals surface area contributed by atoms with Crippen LogP contribution in [0.15, 0.2) is 53.1 Å². The number of piperazine rings is 1. The van der Waals surface area contributed by atoms with Crippen LogP contribution in [0.25, 0.3) is 0 Å². The minimum Gasteiger partial charge on any atom is -0.497 e. The van der Waals surface area contributed by atoms with Crippen molar-refractivity contribution < 1.29 is 23.6 Å². The van der Waals surface area contributed by atoms with Crippen LogP contribution in [0.1, 0.15) is 45.9 Å². The van der Waals surface area contributed by atoms with Crippen LogP contribution in [0.3, 0.4) is 0 Å². The molecule has 3 aromatic rings. The number of hydrogen-bond acceptors (Lipinski definition) is 6. The lowest BCUT2D eigenvalue weighted by Crippen LogP contribution is -2.51. The van der Waals surface area contributed by atoms with Crippen molar-refractivity contribution in [3.05, 3.63) is 76.7 Å². The van der Waals surface area contributed by atoms with Gasteiger partial charge in [0.1, 0.15) is 23.9 Å². The predicted octanol–water partition coefficient (Wildman–Crippen LogP) is 3.92. The Kier molecular flexibility index (Phi) is 6.86. The van der Waals surface area contributed by atoms with Crippen molar-refractivity contribution in [1.29, 1.82) is 0 Å². The van der Waals surface area contributed by atoms with Crippen LogP contribution in [0.4, 0.5) is 0 Å². The van der Waals surface area contributed by atoms with E-state index in [0.29, 0.717) is 37.6 Å². The normalized spacial score (nSPS) is 15.8. The van der Waals surface area contributed by atoms with Crippen molar-refractivity contribution in [2.24, 2.45) is 0 Å². The Morgan fingerprint density at radius 1 is 1.09 bits per heavy atom. The van der Waals surface area contributed by atoms with E-state index in [1.54, 1.807) is 31.1 Å². The van der Waals surface area contributed by atoms with Gasteiger partial charge in [-0.25, -0.2) is 0 Å². The van der Waals surface area contributed by atoms with Crippen molar-refractivity contribution in [2.75, 3.05) is 26.7 Å². The van der Waals surface area contributed by atoms with Gasteiger partial charge in [-0.05, 0) is 49.7 Å². The van der Waals surface area contributed by atoms with Crippen molar-refractivity contribution >= 4 is 11.8 Å². The lowest BCUT2D eigenvalue weighted by atomic mass is 10.0. The summed E-state index contributed by atoms with van der Waals surface area (Å²) in [5, 5.41) is 3.94. The molecule has 1 fully saturated rings. The van der Waals surface area contributed by atoms with Crippen LogP contribution in [0.5, 0.6) is 11.5 Å². The van der Waals surface area contributed by atoms with E-state index in [-0.39, 0.29) is 17.9 Å². The molecule has 0 N–H and O–H groups in total. The molecule has 1 aliphatic rings. The molecule has 34 heavy (non-hydrogen) atoms. The number of ether oxygens (including phenoxy) is 2. The molecule has 4 rings (SSSR count). The number of carbonyl (C=O) groups is 2. The molecule has 1 saturated heterocycles. The molecule has 1 aliphatic heterocycles. The molecule has 0 bridgehead atoms. The Balaban J connectivity index is 1.49. The molecule has 0 aliphatic carbocycles. The number of carbonyl (C=O) groups excluding carboxylic acids is 2. The summed E-state index contributed by atoms with van der Waals surface area (Å²) < 4.78 is 16.3. The van der Waals surface area contributed by atoms with E-state index in [1.165, 1.54) is 0 Å². The highest BCUT2D eigenvalue weighted by Crippen LogP contribution is 2.28. The highest BCUT2D eigenvalue weighted by Gasteiger charge is 2.32. The van der Waals surface area contributed by atoms with Crippen molar-refractivity contribution in [1.82, 2.24) is 15.0 Å². The molecule has 8 heteroatoms. The van der Waals surface area contributed by atoms with Gasteiger partial charge < -0.3 is 23.8 Å². The second kappa shape index (κ2) is 9.99. The average Bonchev–Trinajstić information content (AvgIpc) is 3.18. The molecule has 1 atom stereocenters. The first-order chi connectivity index (χ1) is 16.4. The number of aryl methyl sites for hydroxylation is 2. The molecule has 0 unspecified atom stereocenters. The fourth-order valence-corrected chi connectivity index (χ4v) is 4.22. The van der Waals surface area contributed by atoms with Crippen LogP contribution in [0.2, 0.25) is 0 Å². The van der Waals surface area contributed by atoms with Gasteiger partial charge in [-0.15, -0.1) is 0 Å². The highest BCUT2D eigenvalue weighted by molar-refractivity contribution is 5.94. The number of aromatic nitrogens is 1. The third kappa shape index (κ3) is 4.90. The van der Waals surface area contributed by atoms with E-state index in [1.807, 2.05) is 55.1 Å². The van der Waals surface area contributed by atoms with E-state index in [2.05, 4.69) is 5.16 Å². The minimum absolute atomic E-state index is 0.0114. The van der Waals surface area contributed by atoms with Gasteiger partial charge in [0, 0.05) is 32.1 Å². The summed E-state index contributed by atoms with van der Waals surface area (Å²) >= 11 is 0. The first-order valence-electron chi connectivity index (χ1n) is 11.2. The fraction of sp³-hybridized carbons (Fsp3) is 0.346. The number of rotatable bonds is 6. The summed E-state index contributed by atoms with van der Waals surface area (Å²) in [4.78, 5) is 29.3. The van der Waals surface area contributed by atoms with Crippen LogP contribution in [-0.4, -0.2) is 53.5 Å². The lowest BCUT2D eigenvalue weighted by molar-refractivity contribution is -0.133. The summed E-state index contributed by atoms with van der Waals surface area (Å²) in [6.45, 7) is 6.95. The molecule has 8 nitrogen and oxygen atoms in total. The van der Waals surface area contributed by atoms with E-state index in [0.717, 1.165) is 28.3 Å². The number of nitrogens with zero attached hydrogens (tertiary/aromatic N) is 3. The first kappa shape index (κ1) is 23.4. The number of amides is 2. The summed E-state index contributed by atoms with van der Waals surface area (Å²) in [6, 6.07) is 14.6. The van der Waals surface area contributed by atoms with Crippen LogP contribution >= 0.6 is 0 Å². The Morgan fingerprint density at radius 2 is 1.85 bits per heavy atom. The van der Waals surface area contributed by atoms with Gasteiger partial charge in [-0.2, -0.15) is 0 Å². The maximum absolute atomic E-state index is 13.4. The Hall–Kier alpha value is -3.81. The van der Waals surface area contributed by atoms with Crippen molar-refractivity contribution in [3.63, 3.8) is 0 Å². The zero-order valence-electron chi connectivity index (χ0n) is 19.9. The lowest BCUT2D eigenvalue weighted by Gasteiger charge is -2.41. The number of methoxy groups -OCH3 is 1. The molecular formula is C26H29N3O5. The van der Waals surface area contributed by atoms with E-state index in [4.69, 9.17) is 14.0 Å². The molecule has 0 spiro atoms. The zero-order valence-corrected chi connectivity index (χ0v) is 19.9. The maximum atomic E-state index is 13.4. The van der Waals surface area contributed by atoms with E-state index >= 15 is 0 Å². The Bertz CT molecular complexity index is 1150. The first-order valence-corrected chi connectivity index (χ1v) is 11.2. The molecule has 0 saturated carbocycles. The molecule has 1 aromatic heterocycles. The van der Waals surface area contributed by atoms with Gasteiger partial charge in [0.2, 0.25) is 5.91 Å². The molecule has 178 valence electrons. The second-order valence-corrected chi connectivity index (χ2v) is 8.37. The molecule has 2 aromatic carbocycles. The smallest absolute Gasteiger partial charge is 0.254 e. The maximum Gasteiger partial charge on any atom is 0.254 e. The molecule has 2 heterocycles. The van der Waals surface area contributed by atoms with Crippen LogP contribution < -0.4 is 9.47 Å². The molecular weight excluding hydrogens is 434 g/mol. The number of benzene rings is 2. The summed E-state index contributed by atoms with van der Waals surface area (Å²) in [5.74, 6) is 1.96. The van der Waals surface area contributed by atoms with Gasteiger partial charge in [0.05, 0.1) is 24.4 Å². The summed E-state index contributed by atoms with van der Waals surface area (Å²) in [7, 11) is 1.62. The van der Waals surface area contributed by atoms with Gasteiger partial charge in [0.25, 0.3) is 5.91 Å². The van der Waals surface area contributed by atoms with E-state index < -0.39 is 0 Å². The third-order valence-electron chi connectivity index (χ3n) is 6.22. The Labute approximate surface area is 199 Å². The second-order valence-electron chi connectivity index (χ2n) is 8.37. The van der Waals surface area contributed by atoms with E-state index in [9.17, 15) is 9.59 Å². The molecule has 0 radical (unpaired) electrons. The van der Waals surface area contributed by atoms with Crippen molar-refractivity contribution in [3.8, 4) is 11.5 Å². The third-order valence-corrected chi connectivity index (χ3v) is 6.22. The topological polar surface area (TPSA) is 85.1 Å². The predicted molar refractivity (Wildman–Crippen MR) is 126 cm³/mol.